The Hall–Kier alpha value is -2.68. The first-order valence-electron chi connectivity index (χ1n) is 6.81. The van der Waals surface area contributed by atoms with Crippen LogP contribution in [0.2, 0.25) is 0 Å². The molecule has 24 heavy (non-hydrogen) atoms. The predicted molar refractivity (Wildman–Crippen MR) is 82.5 cm³/mol. The molecule has 0 fully saturated rings. The Kier molecular flexibility index (Phi) is 3.88. The van der Waals surface area contributed by atoms with Crippen molar-refractivity contribution in [2.24, 2.45) is 0 Å². The van der Waals surface area contributed by atoms with Crippen molar-refractivity contribution in [3.63, 3.8) is 0 Å². The molecule has 0 radical (unpaired) electrons. The van der Waals surface area contributed by atoms with Gasteiger partial charge in [0.2, 0.25) is 0 Å². The number of ether oxygens (including phenoxy) is 1. The summed E-state index contributed by atoms with van der Waals surface area (Å²) in [4.78, 5) is 11.2. The summed E-state index contributed by atoms with van der Waals surface area (Å²) in [5, 5.41) is 2.57. The number of sulfonamides is 1. The average Bonchev–Trinajstić information content (AvgIpc) is 2.49. The summed E-state index contributed by atoms with van der Waals surface area (Å²) in [6.07, 6.45) is 0. The van der Waals surface area contributed by atoms with E-state index in [1.807, 2.05) is 0 Å². The van der Waals surface area contributed by atoms with Gasteiger partial charge in [0.25, 0.3) is 15.9 Å². The van der Waals surface area contributed by atoms with Crippen molar-refractivity contribution in [1.29, 1.82) is 0 Å². The second-order valence-electron chi connectivity index (χ2n) is 5.19. The minimum Gasteiger partial charge on any atom is -0.482 e. The number of aryl methyl sites for hydroxylation is 1. The van der Waals surface area contributed by atoms with E-state index in [0.717, 1.165) is 18.2 Å². The number of hydrogen-bond donors (Lipinski definition) is 2. The van der Waals surface area contributed by atoms with Crippen LogP contribution in [0, 0.1) is 18.6 Å². The molecule has 0 spiro atoms. The smallest absolute Gasteiger partial charge is 0.262 e. The van der Waals surface area contributed by atoms with Crippen molar-refractivity contribution in [1.82, 2.24) is 0 Å². The summed E-state index contributed by atoms with van der Waals surface area (Å²) in [5.41, 5.74) is 0.616. The van der Waals surface area contributed by atoms with Gasteiger partial charge >= 0.3 is 0 Å². The van der Waals surface area contributed by atoms with Crippen molar-refractivity contribution in [3.8, 4) is 5.75 Å². The molecule has 0 unspecified atom stereocenters. The van der Waals surface area contributed by atoms with Gasteiger partial charge in [0.15, 0.2) is 18.2 Å². The summed E-state index contributed by atoms with van der Waals surface area (Å²) < 4.78 is 58.5. The lowest BCUT2D eigenvalue weighted by Gasteiger charge is -2.20. The SMILES string of the molecule is Cc1cc2c(cc1S(=O)(=O)Nc1ccc(F)c(F)c1)OCC(=O)N2. The van der Waals surface area contributed by atoms with Gasteiger partial charge in [-0.1, -0.05) is 0 Å². The second-order valence-corrected chi connectivity index (χ2v) is 6.84. The summed E-state index contributed by atoms with van der Waals surface area (Å²) in [5.74, 6) is -2.36. The van der Waals surface area contributed by atoms with E-state index in [-0.39, 0.29) is 28.8 Å². The maximum absolute atomic E-state index is 13.2. The second kappa shape index (κ2) is 5.75. The third-order valence-corrected chi connectivity index (χ3v) is 4.89. The Labute approximate surface area is 136 Å². The van der Waals surface area contributed by atoms with Crippen LogP contribution in [0.5, 0.6) is 5.75 Å². The number of benzene rings is 2. The van der Waals surface area contributed by atoms with Gasteiger partial charge in [-0.3, -0.25) is 9.52 Å². The summed E-state index contributed by atoms with van der Waals surface area (Å²) in [6.45, 7) is 1.33. The molecule has 1 heterocycles. The van der Waals surface area contributed by atoms with E-state index in [1.165, 1.54) is 12.1 Å². The molecule has 0 saturated carbocycles. The highest BCUT2D eigenvalue weighted by Crippen LogP contribution is 2.33. The largest absolute Gasteiger partial charge is 0.482 e. The minimum absolute atomic E-state index is 0.0952. The number of carbonyl (C=O) groups excluding carboxylic acids is 1. The van der Waals surface area contributed by atoms with Crippen molar-refractivity contribution in [3.05, 3.63) is 47.5 Å². The summed E-state index contributed by atoms with van der Waals surface area (Å²) in [7, 11) is -4.05. The van der Waals surface area contributed by atoms with E-state index in [4.69, 9.17) is 4.74 Å². The molecule has 1 amide bonds. The van der Waals surface area contributed by atoms with E-state index < -0.39 is 21.7 Å². The fraction of sp³-hybridized carbons (Fsp3) is 0.133. The van der Waals surface area contributed by atoms with Crippen LogP contribution in [0.4, 0.5) is 20.2 Å². The van der Waals surface area contributed by atoms with Crippen molar-refractivity contribution >= 4 is 27.3 Å². The van der Waals surface area contributed by atoms with Gasteiger partial charge in [-0.25, -0.2) is 17.2 Å². The first-order valence-corrected chi connectivity index (χ1v) is 8.30. The Morgan fingerprint density at radius 2 is 1.92 bits per heavy atom. The molecule has 0 aromatic heterocycles. The van der Waals surface area contributed by atoms with Crippen LogP contribution in [0.1, 0.15) is 5.56 Å². The highest BCUT2D eigenvalue weighted by Gasteiger charge is 2.23. The topological polar surface area (TPSA) is 84.5 Å². The van der Waals surface area contributed by atoms with E-state index in [2.05, 4.69) is 10.0 Å². The number of halogens is 2. The van der Waals surface area contributed by atoms with E-state index >= 15 is 0 Å². The van der Waals surface area contributed by atoms with Gasteiger partial charge in [0.05, 0.1) is 16.3 Å². The van der Waals surface area contributed by atoms with Crippen LogP contribution in [0.3, 0.4) is 0 Å². The molecule has 9 heteroatoms. The van der Waals surface area contributed by atoms with Crippen LogP contribution in [0.15, 0.2) is 35.2 Å². The fourth-order valence-electron chi connectivity index (χ4n) is 2.28. The lowest BCUT2D eigenvalue weighted by molar-refractivity contribution is -0.118. The predicted octanol–water partition coefficient (Wildman–Crippen LogP) is 2.40. The fourth-order valence-corrected chi connectivity index (χ4v) is 3.57. The van der Waals surface area contributed by atoms with Crippen LogP contribution >= 0.6 is 0 Å². The van der Waals surface area contributed by atoms with Crippen molar-refractivity contribution < 1.29 is 26.7 Å². The third-order valence-electron chi connectivity index (χ3n) is 3.37. The minimum atomic E-state index is -4.05. The summed E-state index contributed by atoms with van der Waals surface area (Å²) in [6, 6.07) is 5.42. The molecule has 1 aliphatic rings. The normalized spacial score (nSPS) is 13.7. The van der Waals surface area contributed by atoms with Crippen LogP contribution in [0.25, 0.3) is 0 Å². The number of carbonyl (C=O) groups is 1. The van der Waals surface area contributed by atoms with Crippen molar-refractivity contribution in [2.45, 2.75) is 11.8 Å². The zero-order valence-electron chi connectivity index (χ0n) is 12.4. The van der Waals surface area contributed by atoms with Gasteiger partial charge in [0.1, 0.15) is 5.75 Å². The molecule has 0 aliphatic carbocycles. The third kappa shape index (κ3) is 3.02. The zero-order valence-corrected chi connectivity index (χ0v) is 13.2. The molecule has 2 N–H and O–H groups in total. The molecule has 2 aromatic carbocycles. The molecule has 2 aromatic rings. The van der Waals surface area contributed by atoms with Crippen LogP contribution in [-0.2, 0) is 14.8 Å². The van der Waals surface area contributed by atoms with Crippen molar-refractivity contribution in [2.75, 3.05) is 16.6 Å². The Morgan fingerprint density at radius 1 is 1.17 bits per heavy atom. The summed E-state index contributed by atoms with van der Waals surface area (Å²) >= 11 is 0. The Bertz CT molecular complexity index is 945. The van der Waals surface area contributed by atoms with E-state index in [1.54, 1.807) is 6.92 Å². The molecule has 1 aliphatic heterocycles. The Balaban J connectivity index is 1.97. The molecular formula is C15H12F2N2O4S. The number of anilines is 2. The molecule has 126 valence electrons. The lowest BCUT2D eigenvalue weighted by atomic mass is 10.2. The molecule has 0 saturated heterocycles. The molecule has 0 bridgehead atoms. The number of hydrogen-bond acceptors (Lipinski definition) is 4. The first kappa shape index (κ1) is 16.2. The maximum Gasteiger partial charge on any atom is 0.262 e. The van der Waals surface area contributed by atoms with E-state index in [0.29, 0.717) is 11.3 Å². The van der Waals surface area contributed by atoms with Gasteiger partial charge in [-0.2, -0.15) is 0 Å². The molecule has 0 atom stereocenters. The average molecular weight is 354 g/mol. The van der Waals surface area contributed by atoms with E-state index in [9.17, 15) is 22.0 Å². The number of amides is 1. The first-order chi connectivity index (χ1) is 11.3. The van der Waals surface area contributed by atoms with Crippen LogP contribution < -0.4 is 14.8 Å². The Morgan fingerprint density at radius 3 is 2.62 bits per heavy atom. The molecule has 6 nitrogen and oxygen atoms in total. The molecular weight excluding hydrogens is 342 g/mol. The van der Waals surface area contributed by atoms with Gasteiger partial charge in [-0.15, -0.1) is 0 Å². The zero-order chi connectivity index (χ0) is 17.5. The monoisotopic (exact) mass is 354 g/mol. The van der Waals surface area contributed by atoms with Gasteiger partial charge in [0, 0.05) is 12.1 Å². The maximum atomic E-state index is 13.2. The highest BCUT2D eigenvalue weighted by molar-refractivity contribution is 7.92. The van der Waals surface area contributed by atoms with Crippen LogP contribution in [-0.4, -0.2) is 20.9 Å². The quantitative estimate of drug-likeness (QED) is 0.886. The number of fused-ring (bicyclic) bond motifs is 1. The lowest BCUT2D eigenvalue weighted by Crippen LogP contribution is -2.26. The number of nitrogens with one attached hydrogen (secondary N) is 2. The molecule has 3 rings (SSSR count). The van der Waals surface area contributed by atoms with Gasteiger partial charge in [-0.05, 0) is 30.7 Å². The van der Waals surface area contributed by atoms with Gasteiger partial charge < -0.3 is 10.1 Å². The highest BCUT2D eigenvalue weighted by atomic mass is 32.2. The standard InChI is InChI=1S/C15H12F2N2O4S/c1-8-4-12-13(23-7-15(20)18-12)6-14(8)24(21,22)19-9-2-3-10(16)11(17)5-9/h2-6,19H,7H2,1H3,(H,18,20). The number of rotatable bonds is 3.